The van der Waals surface area contributed by atoms with Crippen LogP contribution in [-0.4, -0.2) is 52.4 Å². The molecule has 1 saturated heterocycles. The first-order valence-corrected chi connectivity index (χ1v) is 5.57. The maximum atomic E-state index is 11.1. The van der Waals surface area contributed by atoms with Gasteiger partial charge in [0.2, 0.25) is 5.91 Å². The van der Waals surface area contributed by atoms with Gasteiger partial charge in [-0.1, -0.05) is 12.2 Å². The standard InChI is InChI=1S/C10H19N3OS/c1-8(14)12-4-6-13(7-5-12)10(2,3)9(11)15/h4-7H2,1-3H3,(H2,11,15). The molecule has 5 heteroatoms. The SMILES string of the molecule is CC(=O)N1CCN(C(C)(C)C(N)=S)CC1. The summed E-state index contributed by atoms with van der Waals surface area (Å²) in [5.74, 6) is 0.141. The Kier molecular flexibility index (Phi) is 3.67. The van der Waals surface area contributed by atoms with Crippen LogP contribution in [-0.2, 0) is 4.79 Å². The number of carbonyl (C=O) groups is 1. The van der Waals surface area contributed by atoms with Crippen molar-refractivity contribution < 1.29 is 4.79 Å². The van der Waals surface area contributed by atoms with Crippen molar-refractivity contribution in [3.63, 3.8) is 0 Å². The summed E-state index contributed by atoms with van der Waals surface area (Å²) in [7, 11) is 0. The molecule has 0 saturated carbocycles. The van der Waals surface area contributed by atoms with Gasteiger partial charge in [-0.05, 0) is 13.8 Å². The van der Waals surface area contributed by atoms with Gasteiger partial charge < -0.3 is 10.6 Å². The third kappa shape index (κ3) is 2.66. The van der Waals surface area contributed by atoms with E-state index in [1.54, 1.807) is 6.92 Å². The van der Waals surface area contributed by atoms with Crippen LogP contribution in [0.25, 0.3) is 0 Å². The number of carbonyl (C=O) groups excluding carboxylic acids is 1. The number of piperazine rings is 1. The minimum Gasteiger partial charge on any atom is -0.392 e. The zero-order valence-corrected chi connectivity index (χ0v) is 10.4. The van der Waals surface area contributed by atoms with Crippen molar-refractivity contribution in [2.45, 2.75) is 26.3 Å². The molecule has 0 atom stereocenters. The second-order valence-corrected chi connectivity index (χ2v) is 4.86. The van der Waals surface area contributed by atoms with E-state index in [0.29, 0.717) is 4.99 Å². The van der Waals surface area contributed by atoms with E-state index in [4.69, 9.17) is 18.0 Å². The van der Waals surface area contributed by atoms with Crippen LogP contribution < -0.4 is 5.73 Å². The summed E-state index contributed by atoms with van der Waals surface area (Å²) in [5, 5.41) is 0. The highest BCUT2D eigenvalue weighted by molar-refractivity contribution is 7.80. The Morgan fingerprint density at radius 1 is 1.27 bits per heavy atom. The highest BCUT2D eigenvalue weighted by atomic mass is 32.1. The lowest BCUT2D eigenvalue weighted by molar-refractivity contribution is -0.131. The molecule has 0 aliphatic carbocycles. The summed E-state index contributed by atoms with van der Waals surface area (Å²) in [6.07, 6.45) is 0. The van der Waals surface area contributed by atoms with Crippen molar-refractivity contribution in [1.29, 1.82) is 0 Å². The summed E-state index contributed by atoms with van der Waals surface area (Å²) < 4.78 is 0. The average Bonchev–Trinajstić information content (AvgIpc) is 2.17. The molecule has 2 N–H and O–H groups in total. The molecule has 0 aromatic rings. The van der Waals surface area contributed by atoms with Crippen LogP contribution in [0.1, 0.15) is 20.8 Å². The number of thiocarbonyl (C=S) groups is 1. The Balaban J connectivity index is 2.57. The predicted molar refractivity (Wildman–Crippen MR) is 64.7 cm³/mol. The second-order valence-electron chi connectivity index (χ2n) is 4.42. The lowest BCUT2D eigenvalue weighted by atomic mass is 10.0. The molecule has 0 spiro atoms. The first-order valence-electron chi connectivity index (χ1n) is 5.16. The van der Waals surface area contributed by atoms with Crippen molar-refractivity contribution in [1.82, 2.24) is 9.80 Å². The Bertz CT molecular complexity index is 270. The van der Waals surface area contributed by atoms with Gasteiger partial charge in [0, 0.05) is 33.1 Å². The van der Waals surface area contributed by atoms with Gasteiger partial charge in [-0.25, -0.2) is 0 Å². The molecule has 1 aliphatic heterocycles. The Morgan fingerprint density at radius 3 is 2.07 bits per heavy atom. The lowest BCUT2D eigenvalue weighted by Crippen LogP contribution is -2.59. The van der Waals surface area contributed by atoms with Crippen molar-refractivity contribution >= 4 is 23.1 Å². The second kappa shape index (κ2) is 4.45. The maximum Gasteiger partial charge on any atom is 0.219 e. The third-order valence-corrected chi connectivity index (χ3v) is 3.62. The molecular weight excluding hydrogens is 210 g/mol. The molecule has 0 aromatic carbocycles. The minimum absolute atomic E-state index is 0.141. The molecule has 1 aliphatic rings. The van der Waals surface area contributed by atoms with Gasteiger partial charge in [-0.15, -0.1) is 0 Å². The summed E-state index contributed by atoms with van der Waals surface area (Å²) in [6, 6.07) is 0. The van der Waals surface area contributed by atoms with Crippen LogP contribution in [0.3, 0.4) is 0 Å². The summed E-state index contributed by atoms with van der Waals surface area (Å²) in [4.78, 5) is 15.7. The Hall–Kier alpha value is -0.680. The fourth-order valence-electron chi connectivity index (χ4n) is 1.74. The summed E-state index contributed by atoms with van der Waals surface area (Å²) in [5.41, 5.74) is 5.45. The zero-order valence-electron chi connectivity index (χ0n) is 9.62. The van der Waals surface area contributed by atoms with Gasteiger partial charge in [-0.3, -0.25) is 9.69 Å². The Labute approximate surface area is 96.4 Å². The smallest absolute Gasteiger partial charge is 0.219 e. The van der Waals surface area contributed by atoms with Crippen molar-refractivity contribution in [3.05, 3.63) is 0 Å². The first kappa shape index (κ1) is 12.4. The van der Waals surface area contributed by atoms with Crippen molar-refractivity contribution in [2.24, 2.45) is 5.73 Å². The molecular formula is C10H19N3OS. The van der Waals surface area contributed by atoms with Gasteiger partial charge in [0.05, 0.1) is 10.5 Å². The van der Waals surface area contributed by atoms with Gasteiger partial charge in [-0.2, -0.15) is 0 Å². The zero-order chi connectivity index (χ0) is 11.6. The molecule has 1 fully saturated rings. The van der Waals surface area contributed by atoms with Crippen LogP contribution in [0.4, 0.5) is 0 Å². The van der Waals surface area contributed by atoms with E-state index in [9.17, 15) is 4.79 Å². The number of nitrogens with two attached hydrogens (primary N) is 1. The van der Waals surface area contributed by atoms with E-state index >= 15 is 0 Å². The minimum atomic E-state index is -0.252. The van der Waals surface area contributed by atoms with Gasteiger partial charge in [0.1, 0.15) is 0 Å². The fourth-order valence-corrected chi connectivity index (χ4v) is 1.87. The topological polar surface area (TPSA) is 49.6 Å². The third-order valence-electron chi connectivity index (χ3n) is 3.12. The summed E-state index contributed by atoms with van der Waals surface area (Å²) >= 11 is 5.05. The van der Waals surface area contributed by atoms with Crippen LogP contribution in [0.2, 0.25) is 0 Å². The summed E-state index contributed by atoms with van der Waals surface area (Å²) in [6.45, 7) is 8.86. The molecule has 0 unspecified atom stereocenters. The van der Waals surface area contributed by atoms with Gasteiger partial charge in [0.15, 0.2) is 0 Å². The van der Waals surface area contributed by atoms with Crippen molar-refractivity contribution in [2.75, 3.05) is 26.2 Å². The molecule has 1 rings (SSSR count). The van der Waals surface area contributed by atoms with Gasteiger partial charge >= 0.3 is 0 Å². The Morgan fingerprint density at radius 2 is 1.73 bits per heavy atom. The van der Waals surface area contributed by atoms with E-state index in [-0.39, 0.29) is 11.4 Å². The monoisotopic (exact) mass is 229 g/mol. The number of hydrogen-bond acceptors (Lipinski definition) is 3. The van der Waals surface area contributed by atoms with E-state index in [1.807, 2.05) is 18.7 Å². The maximum absolute atomic E-state index is 11.1. The largest absolute Gasteiger partial charge is 0.392 e. The van der Waals surface area contributed by atoms with Crippen LogP contribution >= 0.6 is 12.2 Å². The van der Waals surface area contributed by atoms with E-state index in [0.717, 1.165) is 26.2 Å². The van der Waals surface area contributed by atoms with Crippen LogP contribution in [0.5, 0.6) is 0 Å². The van der Waals surface area contributed by atoms with E-state index in [2.05, 4.69) is 4.90 Å². The molecule has 4 nitrogen and oxygen atoms in total. The number of amides is 1. The number of nitrogens with zero attached hydrogens (tertiary/aromatic N) is 2. The van der Waals surface area contributed by atoms with Crippen molar-refractivity contribution in [3.8, 4) is 0 Å². The average molecular weight is 229 g/mol. The molecule has 1 heterocycles. The van der Waals surface area contributed by atoms with Gasteiger partial charge in [0.25, 0.3) is 0 Å². The predicted octanol–water partition coefficient (Wildman–Crippen LogP) is 0.215. The van der Waals surface area contributed by atoms with Crippen LogP contribution in [0.15, 0.2) is 0 Å². The fraction of sp³-hybridized carbons (Fsp3) is 0.800. The molecule has 0 bridgehead atoms. The number of rotatable bonds is 2. The highest BCUT2D eigenvalue weighted by Crippen LogP contribution is 2.17. The quantitative estimate of drug-likeness (QED) is 0.688. The van der Waals surface area contributed by atoms with Crippen LogP contribution in [0, 0.1) is 0 Å². The molecule has 15 heavy (non-hydrogen) atoms. The molecule has 1 amide bonds. The molecule has 0 aromatic heterocycles. The first-order chi connectivity index (χ1) is 6.85. The van der Waals surface area contributed by atoms with E-state index < -0.39 is 0 Å². The molecule has 0 radical (unpaired) electrons. The highest BCUT2D eigenvalue weighted by Gasteiger charge is 2.32. The molecule has 86 valence electrons. The lowest BCUT2D eigenvalue weighted by Gasteiger charge is -2.43. The normalized spacial score (nSPS) is 19.0. The van der Waals surface area contributed by atoms with E-state index in [1.165, 1.54) is 0 Å². The number of hydrogen-bond donors (Lipinski definition) is 1.